The largest absolute Gasteiger partial charge is 0.493 e. The maximum absolute atomic E-state index is 6.23. The lowest BCUT2D eigenvalue weighted by molar-refractivity contribution is 0.353. The van der Waals surface area contributed by atoms with Crippen LogP contribution >= 0.6 is 11.6 Å². The zero-order valence-electron chi connectivity index (χ0n) is 12.1. The molecule has 1 aliphatic rings. The number of nitrogens with two attached hydrogens (primary N) is 1. The Hall–Kier alpha value is -1.87. The summed E-state index contributed by atoms with van der Waals surface area (Å²) in [5, 5.41) is 0.770. The van der Waals surface area contributed by atoms with Crippen LogP contribution in [0.3, 0.4) is 0 Å². The minimum absolute atomic E-state index is 0.738. The molecule has 21 heavy (non-hydrogen) atoms. The van der Waals surface area contributed by atoms with E-state index in [-0.39, 0.29) is 0 Å². The average molecular weight is 303 g/mol. The van der Waals surface area contributed by atoms with Crippen molar-refractivity contribution in [2.75, 3.05) is 23.8 Å². The van der Waals surface area contributed by atoms with Gasteiger partial charge >= 0.3 is 0 Å². The summed E-state index contributed by atoms with van der Waals surface area (Å²) in [5.41, 5.74) is 10.3. The van der Waals surface area contributed by atoms with Gasteiger partial charge in [-0.15, -0.1) is 0 Å². The Bertz CT molecular complexity index is 657. The van der Waals surface area contributed by atoms with Gasteiger partial charge in [-0.2, -0.15) is 0 Å². The molecule has 2 aromatic carbocycles. The summed E-state index contributed by atoms with van der Waals surface area (Å²) in [5.74, 6) is 0.993. The van der Waals surface area contributed by atoms with Gasteiger partial charge in [0, 0.05) is 30.1 Å². The van der Waals surface area contributed by atoms with Gasteiger partial charge in [-0.05, 0) is 36.8 Å². The molecular formula is C17H19ClN2O. The fourth-order valence-electron chi connectivity index (χ4n) is 2.81. The Balaban J connectivity index is 1.94. The predicted octanol–water partition coefficient (Wildman–Crippen LogP) is 3.88. The molecule has 0 unspecified atom stereocenters. The van der Waals surface area contributed by atoms with Gasteiger partial charge in [0.1, 0.15) is 5.75 Å². The van der Waals surface area contributed by atoms with Crippen molar-refractivity contribution in [3.05, 3.63) is 52.5 Å². The fourth-order valence-corrected chi connectivity index (χ4v) is 3.08. The molecule has 0 spiro atoms. The molecule has 4 heteroatoms. The van der Waals surface area contributed by atoms with Gasteiger partial charge in [0.05, 0.1) is 18.0 Å². The first-order chi connectivity index (χ1) is 10.2. The van der Waals surface area contributed by atoms with Crippen molar-refractivity contribution in [1.29, 1.82) is 0 Å². The molecule has 0 aliphatic carbocycles. The number of hydrogen-bond acceptors (Lipinski definition) is 3. The normalized spacial score (nSPS) is 12.9. The van der Waals surface area contributed by atoms with Crippen molar-refractivity contribution in [2.45, 2.75) is 19.9 Å². The summed E-state index contributed by atoms with van der Waals surface area (Å²) in [7, 11) is 0. The van der Waals surface area contributed by atoms with Gasteiger partial charge in [-0.3, -0.25) is 0 Å². The van der Waals surface area contributed by atoms with E-state index in [0.29, 0.717) is 0 Å². The van der Waals surface area contributed by atoms with Gasteiger partial charge in [0.25, 0.3) is 0 Å². The maximum Gasteiger partial charge on any atom is 0.127 e. The number of fused-ring (bicyclic) bond motifs is 1. The smallest absolute Gasteiger partial charge is 0.127 e. The fraction of sp³-hybridized carbons (Fsp3) is 0.294. The topological polar surface area (TPSA) is 38.5 Å². The van der Waals surface area contributed by atoms with Crippen molar-refractivity contribution in [1.82, 2.24) is 0 Å². The van der Waals surface area contributed by atoms with Crippen molar-refractivity contribution >= 4 is 23.0 Å². The average Bonchev–Trinajstić information content (AvgIpc) is 2.93. The molecule has 1 aliphatic heterocycles. The highest BCUT2D eigenvalue weighted by Gasteiger charge is 2.19. The third kappa shape index (κ3) is 2.79. The van der Waals surface area contributed by atoms with Gasteiger partial charge in [0.15, 0.2) is 0 Å². The van der Waals surface area contributed by atoms with Crippen LogP contribution < -0.4 is 15.4 Å². The van der Waals surface area contributed by atoms with E-state index >= 15 is 0 Å². The lowest BCUT2D eigenvalue weighted by Crippen LogP contribution is -2.23. The number of ether oxygens (including phenoxy) is 1. The SMILES string of the molecule is CCN(Cc1cc(Cl)cc2c1OCC2)c1ccccc1N. The number of hydrogen-bond donors (Lipinski definition) is 1. The second-order valence-electron chi connectivity index (χ2n) is 5.22. The van der Waals surface area contributed by atoms with Crippen molar-refractivity contribution in [3.8, 4) is 5.75 Å². The number of para-hydroxylation sites is 2. The van der Waals surface area contributed by atoms with E-state index in [4.69, 9.17) is 22.1 Å². The van der Waals surface area contributed by atoms with E-state index in [9.17, 15) is 0 Å². The first kappa shape index (κ1) is 14.1. The molecule has 2 N–H and O–H groups in total. The van der Waals surface area contributed by atoms with Crippen LogP contribution in [0.5, 0.6) is 5.75 Å². The Morgan fingerprint density at radius 1 is 1.29 bits per heavy atom. The van der Waals surface area contributed by atoms with Crippen molar-refractivity contribution in [3.63, 3.8) is 0 Å². The molecule has 3 nitrogen and oxygen atoms in total. The van der Waals surface area contributed by atoms with E-state index in [0.717, 1.165) is 53.8 Å². The van der Waals surface area contributed by atoms with Crippen LogP contribution in [-0.4, -0.2) is 13.2 Å². The summed E-state index contributed by atoms with van der Waals surface area (Å²) < 4.78 is 5.78. The predicted molar refractivity (Wildman–Crippen MR) is 88.2 cm³/mol. The highest BCUT2D eigenvalue weighted by Crippen LogP contribution is 2.35. The molecule has 0 bridgehead atoms. The first-order valence-electron chi connectivity index (χ1n) is 7.22. The maximum atomic E-state index is 6.23. The summed E-state index contributed by atoms with van der Waals surface area (Å²) in [6.45, 7) is 4.48. The number of nitrogen functional groups attached to an aromatic ring is 1. The highest BCUT2D eigenvalue weighted by molar-refractivity contribution is 6.30. The second kappa shape index (κ2) is 5.86. The van der Waals surface area contributed by atoms with Gasteiger partial charge < -0.3 is 15.4 Å². The lowest BCUT2D eigenvalue weighted by atomic mass is 10.1. The van der Waals surface area contributed by atoms with Crippen molar-refractivity contribution in [2.24, 2.45) is 0 Å². The quantitative estimate of drug-likeness (QED) is 0.871. The van der Waals surface area contributed by atoms with Crippen LogP contribution in [0.4, 0.5) is 11.4 Å². The molecule has 0 atom stereocenters. The van der Waals surface area contributed by atoms with Gasteiger partial charge in [-0.25, -0.2) is 0 Å². The monoisotopic (exact) mass is 302 g/mol. The molecule has 0 fully saturated rings. The molecule has 0 saturated heterocycles. The summed E-state index contributed by atoms with van der Waals surface area (Å²) in [6, 6.07) is 11.9. The van der Waals surface area contributed by atoms with Crippen LogP contribution in [0.25, 0.3) is 0 Å². The number of halogens is 1. The van der Waals surface area contributed by atoms with E-state index in [2.05, 4.69) is 11.8 Å². The Morgan fingerprint density at radius 2 is 2.10 bits per heavy atom. The van der Waals surface area contributed by atoms with Crippen LogP contribution in [0.15, 0.2) is 36.4 Å². The summed E-state index contributed by atoms with van der Waals surface area (Å²) >= 11 is 6.23. The minimum Gasteiger partial charge on any atom is -0.493 e. The van der Waals surface area contributed by atoms with E-state index < -0.39 is 0 Å². The molecule has 1 heterocycles. The van der Waals surface area contributed by atoms with E-state index in [1.807, 2.05) is 36.4 Å². The summed E-state index contributed by atoms with van der Waals surface area (Å²) in [6.07, 6.45) is 0.933. The summed E-state index contributed by atoms with van der Waals surface area (Å²) in [4.78, 5) is 2.24. The molecule has 0 amide bonds. The van der Waals surface area contributed by atoms with Gasteiger partial charge in [0.2, 0.25) is 0 Å². The van der Waals surface area contributed by atoms with Gasteiger partial charge in [-0.1, -0.05) is 23.7 Å². The standard InChI is InChI=1S/C17H19ClN2O/c1-2-20(16-6-4-3-5-15(16)19)11-13-10-14(18)9-12-7-8-21-17(12)13/h3-6,9-10H,2,7-8,11,19H2,1H3. The number of anilines is 2. The minimum atomic E-state index is 0.738. The molecule has 0 radical (unpaired) electrons. The third-order valence-corrected chi connectivity index (χ3v) is 4.06. The number of rotatable bonds is 4. The molecule has 0 aromatic heterocycles. The van der Waals surface area contributed by atoms with E-state index in [1.54, 1.807) is 0 Å². The molecule has 0 saturated carbocycles. The number of benzene rings is 2. The van der Waals surface area contributed by atoms with Crippen LogP contribution in [-0.2, 0) is 13.0 Å². The van der Waals surface area contributed by atoms with Crippen LogP contribution in [0.1, 0.15) is 18.1 Å². The Kier molecular flexibility index (Phi) is 3.93. The Labute approximate surface area is 130 Å². The zero-order valence-corrected chi connectivity index (χ0v) is 12.9. The van der Waals surface area contributed by atoms with E-state index in [1.165, 1.54) is 5.56 Å². The number of nitrogens with zero attached hydrogens (tertiary/aromatic N) is 1. The first-order valence-corrected chi connectivity index (χ1v) is 7.60. The van der Waals surface area contributed by atoms with Crippen LogP contribution in [0.2, 0.25) is 5.02 Å². The van der Waals surface area contributed by atoms with Crippen LogP contribution in [0, 0.1) is 0 Å². The third-order valence-electron chi connectivity index (χ3n) is 3.85. The van der Waals surface area contributed by atoms with Crippen molar-refractivity contribution < 1.29 is 4.74 Å². The molecular weight excluding hydrogens is 284 g/mol. The second-order valence-corrected chi connectivity index (χ2v) is 5.66. The highest BCUT2D eigenvalue weighted by atomic mass is 35.5. The molecule has 2 aromatic rings. The molecule has 110 valence electrons. The lowest BCUT2D eigenvalue weighted by Gasteiger charge is -2.25. The zero-order chi connectivity index (χ0) is 14.8. The molecule has 3 rings (SSSR count). The Morgan fingerprint density at radius 3 is 2.86 bits per heavy atom.